The lowest BCUT2D eigenvalue weighted by Gasteiger charge is -2.29. The van der Waals surface area contributed by atoms with Gasteiger partial charge in [0, 0.05) is 11.1 Å². The molecule has 0 saturated heterocycles. The zero-order chi connectivity index (χ0) is 17.8. The van der Waals surface area contributed by atoms with E-state index in [4.69, 9.17) is 0 Å². The first-order valence-electron chi connectivity index (χ1n) is 8.48. The van der Waals surface area contributed by atoms with Crippen LogP contribution in [0.25, 0.3) is 5.76 Å². The average Bonchev–Trinajstić information content (AvgIpc) is 2.64. The molecule has 3 rings (SSSR count). The number of nitrogens with zero attached hydrogens (tertiary/aromatic N) is 1. The molecular weight excluding hydrogens is 316 g/mol. The van der Waals surface area contributed by atoms with Crippen LogP contribution in [-0.4, -0.2) is 21.1 Å². The zero-order valence-corrected chi connectivity index (χ0v) is 14.2. The summed E-state index contributed by atoms with van der Waals surface area (Å²) >= 11 is 0. The number of rotatable bonds is 5. The molecule has 2 aromatic carbocycles. The number of carbonyl (C=O) groups excluding carboxylic acids is 1. The van der Waals surface area contributed by atoms with E-state index in [0.717, 1.165) is 24.8 Å². The van der Waals surface area contributed by atoms with Gasteiger partial charge in [0.05, 0.1) is 6.54 Å². The number of carbonyl (C=O) groups is 1. The van der Waals surface area contributed by atoms with Crippen LogP contribution in [-0.2, 0) is 13.0 Å². The molecular formula is C20H22N2O3. The van der Waals surface area contributed by atoms with E-state index in [9.17, 15) is 15.0 Å². The van der Waals surface area contributed by atoms with Crippen LogP contribution in [0.2, 0.25) is 0 Å². The predicted octanol–water partition coefficient (Wildman–Crippen LogP) is 3.93. The smallest absolute Gasteiger partial charge is 0.269 e. The quantitative estimate of drug-likeness (QED) is 0.772. The summed E-state index contributed by atoms with van der Waals surface area (Å²) in [5.74, 6) is -0.926. The van der Waals surface area contributed by atoms with Gasteiger partial charge in [-0.2, -0.15) is 0 Å². The lowest BCUT2D eigenvalue weighted by molar-refractivity contribution is 0.0712. The molecule has 2 aromatic rings. The van der Waals surface area contributed by atoms with Crippen molar-refractivity contribution >= 4 is 11.7 Å². The van der Waals surface area contributed by atoms with Gasteiger partial charge in [0.25, 0.3) is 5.91 Å². The van der Waals surface area contributed by atoms with Gasteiger partial charge in [-0.15, -0.1) is 0 Å². The van der Waals surface area contributed by atoms with E-state index in [1.54, 1.807) is 24.3 Å². The Balaban J connectivity index is 1.72. The number of nitrogens with one attached hydrogen (secondary N) is 1. The minimum atomic E-state index is -0.355. The molecule has 1 aliphatic heterocycles. The summed E-state index contributed by atoms with van der Waals surface area (Å²) < 4.78 is 0. The van der Waals surface area contributed by atoms with E-state index in [0.29, 0.717) is 11.1 Å². The van der Waals surface area contributed by atoms with Crippen LogP contribution in [0.5, 0.6) is 0 Å². The molecule has 0 aromatic heterocycles. The van der Waals surface area contributed by atoms with E-state index in [1.807, 2.05) is 24.3 Å². The molecule has 3 N–H and O–H groups in total. The number of fused-ring (bicyclic) bond motifs is 1. The Bertz CT molecular complexity index is 797. The summed E-state index contributed by atoms with van der Waals surface area (Å²) in [6.07, 6.45) is 3.25. The molecule has 1 amide bonds. The van der Waals surface area contributed by atoms with E-state index in [-0.39, 0.29) is 24.1 Å². The Morgan fingerprint density at radius 2 is 1.84 bits per heavy atom. The van der Waals surface area contributed by atoms with Gasteiger partial charge in [-0.1, -0.05) is 49.7 Å². The Labute approximate surface area is 147 Å². The first-order chi connectivity index (χ1) is 12.1. The van der Waals surface area contributed by atoms with Gasteiger partial charge < -0.3 is 10.2 Å². The maximum Gasteiger partial charge on any atom is 0.269 e. The largest absolute Gasteiger partial charge is 0.503 e. The highest BCUT2D eigenvalue weighted by Gasteiger charge is 2.25. The number of aryl methyl sites for hydroxylation is 1. The van der Waals surface area contributed by atoms with Crippen LogP contribution < -0.4 is 5.43 Å². The summed E-state index contributed by atoms with van der Waals surface area (Å²) in [5.41, 5.74) is 5.75. The van der Waals surface area contributed by atoms with Crippen LogP contribution in [0.4, 0.5) is 0 Å². The molecule has 1 aliphatic rings. The Morgan fingerprint density at radius 1 is 1.12 bits per heavy atom. The van der Waals surface area contributed by atoms with E-state index in [1.165, 1.54) is 10.6 Å². The molecule has 25 heavy (non-hydrogen) atoms. The number of hydrogen-bond donors (Lipinski definition) is 3. The second-order valence-electron chi connectivity index (χ2n) is 6.16. The summed E-state index contributed by atoms with van der Waals surface area (Å²) in [4.78, 5) is 12.4. The van der Waals surface area contributed by atoms with Crippen LogP contribution in [0.15, 0.2) is 54.4 Å². The number of aliphatic hydroxyl groups excluding tert-OH is 2. The van der Waals surface area contributed by atoms with Gasteiger partial charge in [-0.3, -0.25) is 10.2 Å². The number of aliphatic hydroxyl groups is 2. The van der Waals surface area contributed by atoms with Gasteiger partial charge >= 0.3 is 0 Å². The summed E-state index contributed by atoms with van der Waals surface area (Å²) in [5, 5.41) is 21.6. The van der Waals surface area contributed by atoms with E-state index < -0.39 is 0 Å². The second kappa shape index (κ2) is 7.30. The molecule has 0 aliphatic carbocycles. The summed E-state index contributed by atoms with van der Waals surface area (Å²) in [6, 6.07) is 14.7. The lowest BCUT2D eigenvalue weighted by Crippen LogP contribution is -2.43. The number of hydrogen-bond acceptors (Lipinski definition) is 4. The summed E-state index contributed by atoms with van der Waals surface area (Å²) in [6.45, 7) is 2.43. The molecule has 0 fully saturated rings. The number of amides is 1. The van der Waals surface area contributed by atoms with Crippen LogP contribution in [0.1, 0.15) is 46.8 Å². The number of benzene rings is 2. The number of unbranched alkanes of at least 4 members (excludes halogenated alkanes) is 1. The second-order valence-corrected chi connectivity index (χ2v) is 6.16. The molecule has 5 heteroatoms. The Morgan fingerprint density at radius 3 is 2.56 bits per heavy atom. The molecule has 0 spiro atoms. The first-order valence-corrected chi connectivity index (χ1v) is 8.48. The topological polar surface area (TPSA) is 72.8 Å². The molecule has 0 bridgehead atoms. The van der Waals surface area contributed by atoms with Gasteiger partial charge in [0.15, 0.2) is 5.76 Å². The van der Waals surface area contributed by atoms with Gasteiger partial charge in [0.2, 0.25) is 5.88 Å². The van der Waals surface area contributed by atoms with E-state index in [2.05, 4.69) is 12.3 Å². The fraction of sp³-hybridized carbons (Fsp3) is 0.250. The molecule has 0 atom stereocenters. The normalized spacial score (nSPS) is 13.6. The minimum absolute atomic E-state index is 0.239. The monoisotopic (exact) mass is 338 g/mol. The molecule has 5 nitrogen and oxygen atoms in total. The third-order valence-corrected chi connectivity index (χ3v) is 4.34. The lowest BCUT2D eigenvalue weighted by atomic mass is 10.0. The van der Waals surface area contributed by atoms with Gasteiger partial charge in [-0.25, -0.2) is 5.01 Å². The third kappa shape index (κ3) is 3.60. The molecule has 0 saturated carbocycles. The maximum absolute atomic E-state index is 12.4. The first kappa shape index (κ1) is 16.9. The van der Waals surface area contributed by atoms with E-state index >= 15 is 0 Å². The van der Waals surface area contributed by atoms with Crippen LogP contribution in [0, 0.1) is 0 Å². The minimum Gasteiger partial charge on any atom is -0.503 e. The van der Waals surface area contributed by atoms with Crippen molar-refractivity contribution in [3.05, 3.63) is 76.7 Å². The molecule has 1 heterocycles. The Kier molecular flexibility index (Phi) is 4.93. The van der Waals surface area contributed by atoms with Crippen molar-refractivity contribution in [1.82, 2.24) is 10.4 Å². The number of hydrazine groups is 1. The SMILES string of the molecule is CCCCc1ccc(C(=O)NN2Cc3ccccc3C(O)=C2O)cc1. The van der Waals surface area contributed by atoms with Crippen molar-refractivity contribution in [1.29, 1.82) is 0 Å². The third-order valence-electron chi connectivity index (χ3n) is 4.34. The maximum atomic E-state index is 12.4. The highest BCUT2D eigenvalue weighted by molar-refractivity contribution is 5.94. The van der Waals surface area contributed by atoms with Crippen LogP contribution >= 0.6 is 0 Å². The van der Waals surface area contributed by atoms with Crippen molar-refractivity contribution in [2.24, 2.45) is 0 Å². The van der Waals surface area contributed by atoms with Crippen molar-refractivity contribution in [2.45, 2.75) is 32.7 Å². The fourth-order valence-electron chi connectivity index (χ4n) is 2.87. The molecule has 0 radical (unpaired) electrons. The van der Waals surface area contributed by atoms with Crippen molar-refractivity contribution in [3.8, 4) is 0 Å². The predicted molar refractivity (Wildman–Crippen MR) is 96.7 cm³/mol. The van der Waals surface area contributed by atoms with Gasteiger partial charge in [0.1, 0.15) is 0 Å². The summed E-state index contributed by atoms with van der Waals surface area (Å²) in [7, 11) is 0. The average molecular weight is 338 g/mol. The molecule has 130 valence electrons. The highest BCUT2D eigenvalue weighted by atomic mass is 16.3. The van der Waals surface area contributed by atoms with Gasteiger partial charge in [-0.05, 0) is 36.1 Å². The standard InChI is InChI=1S/C20H22N2O3/c1-2-3-6-14-9-11-15(12-10-14)19(24)21-22-13-16-7-4-5-8-17(16)18(23)20(22)25/h4-5,7-12,23,25H,2-3,6,13H2,1H3,(H,21,24). The van der Waals surface area contributed by atoms with Crippen molar-refractivity contribution in [2.75, 3.05) is 0 Å². The Hall–Kier alpha value is -2.95. The zero-order valence-electron chi connectivity index (χ0n) is 14.2. The highest BCUT2D eigenvalue weighted by Crippen LogP contribution is 2.27. The van der Waals surface area contributed by atoms with Crippen molar-refractivity contribution in [3.63, 3.8) is 0 Å². The fourth-order valence-corrected chi connectivity index (χ4v) is 2.87. The molecule has 0 unspecified atom stereocenters. The van der Waals surface area contributed by atoms with Crippen molar-refractivity contribution < 1.29 is 15.0 Å². The van der Waals surface area contributed by atoms with Crippen LogP contribution in [0.3, 0.4) is 0 Å².